The molecule has 128 valence electrons. The zero-order valence-corrected chi connectivity index (χ0v) is 13.5. The standard InChI is InChI=1S/C16H21FN6O/c1-22-9-12(7-20-22)10-23-11-13(17)6-15(23)8-19-16(24)21-14-2-4-18-5-3-14/h2-5,7,9,13,15H,6,8,10-11H2,1H3,(H2,18,19,21,24)/t13-,15-/m0/s1. The van der Waals surface area contributed by atoms with Crippen molar-refractivity contribution in [3.05, 3.63) is 42.5 Å². The minimum absolute atomic E-state index is 0.0246. The molecule has 1 aliphatic heterocycles. The molecular formula is C16H21FN6O. The van der Waals surface area contributed by atoms with Gasteiger partial charge in [-0.15, -0.1) is 0 Å². The molecule has 0 aromatic carbocycles. The van der Waals surface area contributed by atoms with Crippen LogP contribution in [0.25, 0.3) is 0 Å². The van der Waals surface area contributed by atoms with Crippen LogP contribution < -0.4 is 10.6 Å². The Balaban J connectivity index is 1.51. The van der Waals surface area contributed by atoms with Gasteiger partial charge < -0.3 is 10.6 Å². The first-order valence-electron chi connectivity index (χ1n) is 7.90. The van der Waals surface area contributed by atoms with Crippen LogP contribution in [0.4, 0.5) is 14.9 Å². The second kappa shape index (κ2) is 7.39. The van der Waals surface area contributed by atoms with Crippen molar-refractivity contribution >= 4 is 11.7 Å². The van der Waals surface area contributed by atoms with E-state index in [0.29, 0.717) is 31.7 Å². The van der Waals surface area contributed by atoms with Crippen molar-refractivity contribution in [3.63, 3.8) is 0 Å². The second-order valence-corrected chi connectivity index (χ2v) is 6.01. The molecule has 2 amide bonds. The zero-order chi connectivity index (χ0) is 16.9. The van der Waals surface area contributed by atoms with E-state index in [1.807, 2.05) is 18.1 Å². The summed E-state index contributed by atoms with van der Waals surface area (Å²) in [6.07, 6.45) is 6.48. The fourth-order valence-corrected chi connectivity index (χ4v) is 2.94. The number of nitrogens with zero attached hydrogens (tertiary/aromatic N) is 4. The van der Waals surface area contributed by atoms with Gasteiger partial charge in [0.1, 0.15) is 6.17 Å². The molecule has 1 fully saturated rings. The maximum absolute atomic E-state index is 13.8. The van der Waals surface area contributed by atoms with E-state index in [1.54, 1.807) is 35.4 Å². The maximum Gasteiger partial charge on any atom is 0.319 e. The lowest BCUT2D eigenvalue weighted by Gasteiger charge is -2.23. The van der Waals surface area contributed by atoms with Gasteiger partial charge in [0.2, 0.25) is 0 Å². The topological polar surface area (TPSA) is 75.1 Å². The summed E-state index contributed by atoms with van der Waals surface area (Å²) in [4.78, 5) is 17.9. The van der Waals surface area contributed by atoms with E-state index in [-0.39, 0.29) is 12.1 Å². The van der Waals surface area contributed by atoms with Crippen molar-refractivity contribution in [3.8, 4) is 0 Å². The molecule has 24 heavy (non-hydrogen) atoms. The third-order valence-electron chi connectivity index (χ3n) is 4.06. The van der Waals surface area contributed by atoms with Gasteiger partial charge in [0.25, 0.3) is 0 Å². The minimum atomic E-state index is -0.864. The Hall–Kier alpha value is -2.48. The van der Waals surface area contributed by atoms with Gasteiger partial charge in [0.05, 0.1) is 6.20 Å². The first-order chi connectivity index (χ1) is 11.6. The van der Waals surface area contributed by atoms with Crippen LogP contribution in [-0.4, -0.2) is 51.0 Å². The molecular weight excluding hydrogens is 311 g/mol. The number of carbonyl (C=O) groups is 1. The quantitative estimate of drug-likeness (QED) is 0.871. The SMILES string of the molecule is Cn1cc(CN2C[C@@H](F)C[C@H]2CNC(=O)Nc2ccncc2)cn1. The number of amides is 2. The highest BCUT2D eigenvalue weighted by atomic mass is 19.1. The first-order valence-corrected chi connectivity index (χ1v) is 7.90. The number of rotatable bonds is 5. The summed E-state index contributed by atoms with van der Waals surface area (Å²) >= 11 is 0. The van der Waals surface area contributed by atoms with Crippen LogP contribution in [0.1, 0.15) is 12.0 Å². The van der Waals surface area contributed by atoms with Crippen LogP contribution in [0.3, 0.4) is 0 Å². The lowest BCUT2D eigenvalue weighted by Crippen LogP contribution is -2.41. The Kier molecular flexibility index (Phi) is 5.05. The molecule has 8 heteroatoms. The molecule has 2 atom stereocenters. The van der Waals surface area contributed by atoms with Gasteiger partial charge >= 0.3 is 6.03 Å². The number of halogens is 1. The number of pyridine rings is 1. The summed E-state index contributed by atoms with van der Waals surface area (Å²) in [5, 5.41) is 9.68. The van der Waals surface area contributed by atoms with E-state index in [1.165, 1.54) is 0 Å². The molecule has 0 spiro atoms. The van der Waals surface area contributed by atoms with Crippen LogP contribution in [0.2, 0.25) is 0 Å². The molecule has 0 unspecified atom stereocenters. The molecule has 1 aliphatic rings. The number of anilines is 1. The Morgan fingerprint density at radius 2 is 2.21 bits per heavy atom. The molecule has 7 nitrogen and oxygen atoms in total. The second-order valence-electron chi connectivity index (χ2n) is 6.01. The summed E-state index contributed by atoms with van der Waals surface area (Å²) in [5.74, 6) is 0. The summed E-state index contributed by atoms with van der Waals surface area (Å²) in [5.41, 5.74) is 1.71. The van der Waals surface area contributed by atoms with Crippen LogP contribution in [0.15, 0.2) is 36.9 Å². The van der Waals surface area contributed by atoms with E-state index < -0.39 is 6.17 Å². The van der Waals surface area contributed by atoms with Crippen LogP contribution in [-0.2, 0) is 13.6 Å². The predicted molar refractivity (Wildman–Crippen MR) is 88.2 cm³/mol. The van der Waals surface area contributed by atoms with Crippen LogP contribution in [0.5, 0.6) is 0 Å². The van der Waals surface area contributed by atoms with Crippen molar-refractivity contribution in [1.82, 2.24) is 25.0 Å². The van der Waals surface area contributed by atoms with Gasteiger partial charge in [-0.1, -0.05) is 0 Å². The van der Waals surface area contributed by atoms with E-state index in [2.05, 4.69) is 20.7 Å². The number of likely N-dealkylation sites (tertiary alicyclic amines) is 1. The molecule has 2 aromatic heterocycles. The highest BCUT2D eigenvalue weighted by Crippen LogP contribution is 2.22. The van der Waals surface area contributed by atoms with E-state index in [9.17, 15) is 9.18 Å². The average Bonchev–Trinajstić information content (AvgIpc) is 3.12. The Morgan fingerprint density at radius 3 is 2.92 bits per heavy atom. The van der Waals surface area contributed by atoms with Gasteiger partial charge in [0.15, 0.2) is 0 Å². The maximum atomic E-state index is 13.8. The lowest BCUT2D eigenvalue weighted by atomic mass is 10.2. The summed E-state index contributed by atoms with van der Waals surface area (Å²) in [7, 11) is 1.86. The summed E-state index contributed by atoms with van der Waals surface area (Å²) in [6, 6.07) is 3.09. The molecule has 0 bridgehead atoms. The predicted octanol–water partition coefficient (Wildman–Crippen LogP) is 1.55. The van der Waals surface area contributed by atoms with Crippen molar-refractivity contribution in [1.29, 1.82) is 0 Å². The largest absolute Gasteiger partial charge is 0.336 e. The molecule has 0 saturated carbocycles. The number of carbonyl (C=O) groups excluding carboxylic acids is 1. The van der Waals surface area contributed by atoms with Gasteiger partial charge in [-0.25, -0.2) is 9.18 Å². The normalized spacial score (nSPS) is 20.9. The zero-order valence-electron chi connectivity index (χ0n) is 13.5. The highest BCUT2D eigenvalue weighted by Gasteiger charge is 2.32. The smallest absolute Gasteiger partial charge is 0.319 e. The van der Waals surface area contributed by atoms with E-state index in [0.717, 1.165) is 5.56 Å². The molecule has 3 heterocycles. The van der Waals surface area contributed by atoms with E-state index in [4.69, 9.17) is 0 Å². The Bertz CT molecular complexity index is 676. The molecule has 0 radical (unpaired) electrons. The van der Waals surface area contributed by atoms with Crippen molar-refractivity contribution in [2.24, 2.45) is 7.05 Å². The molecule has 2 N–H and O–H groups in total. The number of nitrogens with one attached hydrogen (secondary N) is 2. The van der Waals surface area contributed by atoms with Gasteiger partial charge in [-0.2, -0.15) is 5.10 Å². The Labute approximate surface area is 139 Å². The number of aromatic nitrogens is 3. The van der Waals surface area contributed by atoms with Crippen LogP contribution >= 0.6 is 0 Å². The number of urea groups is 1. The lowest BCUT2D eigenvalue weighted by molar-refractivity contribution is 0.224. The minimum Gasteiger partial charge on any atom is -0.336 e. The third-order valence-corrected chi connectivity index (χ3v) is 4.06. The fraction of sp³-hybridized carbons (Fsp3) is 0.438. The van der Waals surface area contributed by atoms with Crippen molar-refractivity contribution < 1.29 is 9.18 Å². The number of hydrogen-bond donors (Lipinski definition) is 2. The first kappa shape index (κ1) is 16.4. The molecule has 2 aromatic rings. The summed E-state index contributed by atoms with van der Waals surface area (Å²) < 4.78 is 15.5. The average molecular weight is 332 g/mol. The molecule has 0 aliphatic carbocycles. The highest BCUT2D eigenvalue weighted by molar-refractivity contribution is 5.89. The number of alkyl halides is 1. The fourth-order valence-electron chi connectivity index (χ4n) is 2.94. The monoisotopic (exact) mass is 332 g/mol. The number of hydrogen-bond acceptors (Lipinski definition) is 4. The third kappa shape index (κ3) is 4.29. The molecule has 1 saturated heterocycles. The van der Waals surface area contributed by atoms with Gasteiger partial charge in [0, 0.05) is 62.6 Å². The Morgan fingerprint density at radius 1 is 1.42 bits per heavy atom. The molecule has 3 rings (SSSR count). The summed E-state index contributed by atoms with van der Waals surface area (Å²) in [6.45, 7) is 1.41. The van der Waals surface area contributed by atoms with Crippen LogP contribution in [0, 0.1) is 0 Å². The number of aryl methyl sites for hydroxylation is 1. The van der Waals surface area contributed by atoms with E-state index >= 15 is 0 Å². The van der Waals surface area contributed by atoms with Crippen molar-refractivity contribution in [2.75, 3.05) is 18.4 Å². The van der Waals surface area contributed by atoms with Gasteiger partial charge in [-0.05, 0) is 18.6 Å². The van der Waals surface area contributed by atoms with Crippen molar-refractivity contribution in [2.45, 2.75) is 25.2 Å². The van der Waals surface area contributed by atoms with Gasteiger partial charge in [-0.3, -0.25) is 14.6 Å².